The third-order valence-corrected chi connectivity index (χ3v) is 2.88. The van der Waals surface area contributed by atoms with E-state index in [4.69, 9.17) is 9.47 Å². The average molecular weight is 251 g/mol. The standard InChI is InChI=1S/C14H21NO3/c1-10(16)9-18-14-7-11(3-6-13(14)17-2)8-15-12-4-5-12/h3,6-7,10,12,15-16H,4-5,8-9H2,1-2H3. The summed E-state index contributed by atoms with van der Waals surface area (Å²) in [5.74, 6) is 1.39. The van der Waals surface area contributed by atoms with Crippen LogP contribution in [0.15, 0.2) is 18.2 Å². The van der Waals surface area contributed by atoms with Crippen molar-refractivity contribution in [3.63, 3.8) is 0 Å². The lowest BCUT2D eigenvalue weighted by Crippen LogP contribution is -2.16. The van der Waals surface area contributed by atoms with Crippen molar-refractivity contribution in [2.75, 3.05) is 13.7 Å². The van der Waals surface area contributed by atoms with Crippen LogP contribution in [0.2, 0.25) is 0 Å². The van der Waals surface area contributed by atoms with Crippen LogP contribution in [0.25, 0.3) is 0 Å². The normalized spacial score (nSPS) is 16.4. The minimum atomic E-state index is -0.483. The van der Waals surface area contributed by atoms with Gasteiger partial charge in [0.25, 0.3) is 0 Å². The molecule has 1 aromatic carbocycles. The van der Waals surface area contributed by atoms with Gasteiger partial charge in [0.05, 0.1) is 13.2 Å². The summed E-state index contributed by atoms with van der Waals surface area (Å²) >= 11 is 0. The number of nitrogens with one attached hydrogen (secondary N) is 1. The van der Waals surface area contributed by atoms with E-state index in [1.165, 1.54) is 18.4 Å². The molecule has 0 bridgehead atoms. The van der Waals surface area contributed by atoms with E-state index in [1.807, 2.05) is 18.2 Å². The Kier molecular flexibility index (Phi) is 4.44. The fourth-order valence-corrected chi connectivity index (χ4v) is 1.70. The van der Waals surface area contributed by atoms with Crippen molar-refractivity contribution in [3.8, 4) is 11.5 Å². The van der Waals surface area contributed by atoms with Gasteiger partial charge >= 0.3 is 0 Å². The molecular formula is C14H21NO3. The zero-order chi connectivity index (χ0) is 13.0. The molecule has 0 spiro atoms. The van der Waals surface area contributed by atoms with Crippen molar-refractivity contribution in [1.29, 1.82) is 0 Å². The van der Waals surface area contributed by atoms with Gasteiger partial charge in [-0.1, -0.05) is 6.07 Å². The Labute approximate surface area is 108 Å². The van der Waals surface area contributed by atoms with Crippen LogP contribution < -0.4 is 14.8 Å². The van der Waals surface area contributed by atoms with Gasteiger partial charge in [0.2, 0.25) is 0 Å². The molecule has 0 radical (unpaired) electrons. The summed E-state index contributed by atoms with van der Waals surface area (Å²) in [5, 5.41) is 12.7. The van der Waals surface area contributed by atoms with Crippen molar-refractivity contribution >= 4 is 0 Å². The summed E-state index contributed by atoms with van der Waals surface area (Å²) in [6.07, 6.45) is 2.08. The molecule has 18 heavy (non-hydrogen) atoms. The highest BCUT2D eigenvalue weighted by Gasteiger charge is 2.20. The Hall–Kier alpha value is -1.26. The van der Waals surface area contributed by atoms with Gasteiger partial charge < -0.3 is 19.9 Å². The van der Waals surface area contributed by atoms with Crippen molar-refractivity contribution in [2.45, 2.75) is 38.5 Å². The molecule has 4 nitrogen and oxygen atoms in total. The van der Waals surface area contributed by atoms with Crippen LogP contribution >= 0.6 is 0 Å². The summed E-state index contributed by atoms with van der Waals surface area (Å²) in [7, 11) is 1.62. The predicted octanol–water partition coefficient (Wildman–Crippen LogP) is 1.71. The van der Waals surface area contributed by atoms with E-state index in [0.29, 0.717) is 17.5 Å². The predicted molar refractivity (Wildman–Crippen MR) is 70.0 cm³/mol. The lowest BCUT2D eigenvalue weighted by atomic mass is 10.2. The average Bonchev–Trinajstić information content (AvgIpc) is 3.18. The summed E-state index contributed by atoms with van der Waals surface area (Å²) in [6, 6.07) is 6.59. The van der Waals surface area contributed by atoms with E-state index in [2.05, 4.69) is 5.32 Å². The second kappa shape index (κ2) is 6.07. The Balaban J connectivity index is 2.00. The molecule has 1 saturated carbocycles. The van der Waals surface area contributed by atoms with Gasteiger partial charge in [-0.2, -0.15) is 0 Å². The van der Waals surface area contributed by atoms with Gasteiger partial charge in [0, 0.05) is 12.6 Å². The first-order valence-corrected chi connectivity index (χ1v) is 6.40. The molecule has 0 amide bonds. The van der Waals surface area contributed by atoms with Crippen LogP contribution in [0.1, 0.15) is 25.3 Å². The van der Waals surface area contributed by atoms with Gasteiger partial charge in [-0.15, -0.1) is 0 Å². The van der Waals surface area contributed by atoms with Crippen LogP contribution in [0.5, 0.6) is 11.5 Å². The molecule has 1 aromatic rings. The Morgan fingerprint density at radius 1 is 1.39 bits per heavy atom. The number of hydrogen-bond acceptors (Lipinski definition) is 4. The lowest BCUT2D eigenvalue weighted by Gasteiger charge is -2.13. The molecule has 0 aromatic heterocycles. The topological polar surface area (TPSA) is 50.7 Å². The van der Waals surface area contributed by atoms with Gasteiger partial charge in [0.15, 0.2) is 11.5 Å². The highest BCUT2D eigenvalue weighted by molar-refractivity contribution is 5.43. The number of benzene rings is 1. The largest absolute Gasteiger partial charge is 0.493 e. The Morgan fingerprint density at radius 2 is 2.17 bits per heavy atom. The van der Waals surface area contributed by atoms with Gasteiger partial charge in [-0.25, -0.2) is 0 Å². The molecule has 0 saturated heterocycles. The first-order chi connectivity index (χ1) is 8.69. The molecule has 4 heteroatoms. The number of ether oxygens (including phenoxy) is 2. The number of hydrogen-bond donors (Lipinski definition) is 2. The maximum absolute atomic E-state index is 9.25. The zero-order valence-electron chi connectivity index (χ0n) is 11.0. The van der Waals surface area contributed by atoms with E-state index in [-0.39, 0.29) is 6.61 Å². The third-order valence-electron chi connectivity index (χ3n) is 2.88. The fraction of sp³-hybridized carbons (Fsp3) is 0.571. The zero-order valence-corrected chi connectivity index (χ0v) is 11.0. The minimum Gasteiger partial charge on any atom is -0.493 e. The number of rotatable bonds is 7. The maximum Gasteiger partial charge on any atom is 0.161 e. The summed E-state index contributed by atoms with van der Waals surface area (Å²) in [5.41, 5.74) is 1.17. The molecule has 0 aliphatic heterocycles. The van der Waals surface area contributed by atoms with Crippen LogP contribution in [0.3, 0.4) is 0 Å². The summed E-state index contributed by atoms with van der Waals surface area (Å²) in [6.45, 7) is 2.82. The van der Waals surface area contributed by atoms with Gasteiger partial charge in [-0.05, 0) is 37.5 Å². The van der Waals surface area contributed by atoms with Crippen LogP contribution in [0.4, 0.5) is 0 Å². The second-order valence-electron chi connectivity index (χ2n) is 4.80. The van der Waals surface area contributed by atoms with Crippen LogP contribution in [-0.4, -0.2) is 31.0 Å². The van der Waals surface area contributed by atoms with Crippen molar-refractivity contribution in [2.24, 2.45) is 0 Å². The maximum atomic E-state index is 9.25. The molecular weight excluding hydrogens is 230 g/mol. The van der Waals surface area contributed by atoms with E-state index < -0.39 is 6.10 Å². The fourth-order valence-electron chi connectivity index (χ4n) is 1.70. The SMILES string of the molecule is COc1ccc(CNC2CC2)cc1OCC(C)O. The number of methoxy groups -OCH3 is 1. The monoisotopic (exact) mass is 251 g/mol. The van der Waals surface area contributed by atoms with E-state index in [0.717, 1.165) is 6.54 Å². The number of aliphatic hydroxyl groups excluding tert-OH is 1. The van der Waals surface area contributed by atoms with Gasteiger partial charge in [0.1, 0.15) is 6.61 Å². The first-order valence-electron chi connectivity index (χ1n) is 6.40. The summed E-state index contributed by atoms with van der Waals surface area (Å²) in [4.78, 5) is 0. The smallest absolute Gasteiger partial charge is 0.161 e. The molecule has 1 unspecified atom stereocenters. The number of aliphatic hydroxyl groups is 1. The molecule has 0 heterocycles. The van der Waals surface area contributed by atoms with Crippen LogP contribution in [0, 0.1) is 0 Å². The van der Waals surface area contributed by atoms with E-state index in [9.17, 15) is 5.11 Å². The quantitative estimate of drug-likeness (QED) is 0.774. The van der Waals surface area contributed by atoms with Crippen molar-refractivity contribution in [3.05, 3.63) is 23.8 Å². The van der Waals surface area contributed by atoms with Crippen LogP contribution in [-0.2, 0) is 6.54 Å². The highest BCUT2D eigenvalue weighted by Crippen LogP contribution is 2.28. The molecule has 2 rings (SSSR count). The molecule has 2 N–H and O–H groups in total. The van der Waals surface area contributed by atoms with Crippen molar-refractivity contribution in [1.82, 2.24) is 5.32 Å². The van der Waals surface area contributed by atoms with Crippen molar-refractivity contribution < 1.29 is 14.6 Å². The highest BCUT2D eigenvalue weighted by atomic mass is 16.5. The molecule has 1 atom stereocenters. The summed E-state index contributed by atoms with van der Waals surface area (Å²) < 4.78 is 10.8. The molecule has 100 valence electrons. The van der Waals surface area contributed by atoms with E-state index >= 15 is 0 Å². The second-order valence-corrected chi connectivity index (χ2v) is 4.80. The Morgan fingerprint density at radius 3 is 2.78 bits per heavy atom. The third kappa shape index (κ3) is 3.89. The minimum absolute atomic E-state index is 0.274. The molecule has 1 fully saturated rings. The molecule has 1 aliphatic rings. The Bertz CT molecular complexity index is 389. The van der Waals surface area contributed by atoms with Gasteiger partial charge in [-0.3, -0.25) is 0 Å². The molecule has 1 aliphatic carbocycles. The first kappa shape index (κ1) is 13.2. The lowest BCUT2D eigenvalue weighted by molar-refractivity contribution is 0.120. The van der Waals surface area contributed by atoms with E-state index in [1.54, 1.807) is 14.0 Å².